The second kappa shape index (κ2) is 7.28. The molecule has 0 amide bonds. The Kier molecular flexibility index (Phi) is 4.81. The summed E-state index contributed by atoms with van der Waals surface area (Å²) in [6, 6.07) is 9.81. The molecule has 6 nitrogen and oxygen atoms in total. The van der Waals surface area contributed by atoms with Gasteiger partial charge in [0.2, 0.25) is 5.75 Å². The SMILES string of the molecule is COc1cc(-c2nn(-c3ccc(C)c(Cl)c3)c3c2CCN3)cc(OC)c1OC. The average molecular weight is 400 g/mol. The molecule has 3 aromatic rings. The molecule has 1 N–H and O–H groups in total. The maximum Gasteiger partial charge on any atom is 0.203 e. The Hall–Kier alpha value is -2.86. The zero-order valence-electron chi connectivity index (χ0n) is 16.3. The molecule has 2 aromatic carbocycles. The Balaban J connectivity index is 1.89. The van der Waals surface area contributed by atoms with Gasteiger partial charge in [-0.3, -0.25) is 0 Å². The van der Waals surface area contributed by atoms with E-state index in [1.807, 2.05) is 41.9 Å². The highest BCUT2D eigenvalue weighted by molar-refractivity contribution is 6.31. The Morgan fingerprint density at radius 2 is 1.75 bits per heavy atom. The minimum atomic E-state index is 0.563. The molecule has 0 saturated heterocycles. The van der Waals surface area contributed by atoms with Gasteiger partial charge < -0.3 is 19.5 Å². The molecule has 0 unspecified atom stereocenters. The molecule has 2 heterocycles. The number of fused-ring (bicyclic) bond motifs is 1. The van der Waals surface area contributed by atoms with Crippen LogP contribution in [0.15, 0.2) is 30.3 Å². The molecule has 0 saturated carbocycles. The van der Waals surface area contributed by atoms with Crippen molar-refractivity contribution in [2.45, 2.75) is 13.3 Å². The van der Waals surface area contributed by atoms with Crippen LogP contribution >= 0.6 is 11.6 Å². The summed E-state index contributed by atoms with van der Waals surface area (Å²) in [6.45, 7) is 2.85. The van der Waals surface area contributed by atoms with Gasteiger partial charge in [0.15, 0.2) is 11.5 Å². The van der Waals surface area contributed by atoms with Crippen LogP contribution in [0.2, 0.25) is 5.02 Å². The lowest BCUT2D eigenvalue weighted by Gasteiger charge is -2.13. The first-order valence-electron chi connectivity index (χ1n) is 9.00. The van der Waals surface area contributed by atoms with Gasteiger partial charge in [-0.15, -0.1) is 0 Å². The van der Waals surface area contributed by atoms with Crippen LogP contribution in [0.1, 0.15) is 11.1 Å². The zero-order chi connectivity index (χ0) is 19.8. The number of ether oxygens (including phenoxy) is 3. The summed E-state index contributed by atoms with van der Waals surface area (Å²) in [5, 5.41) is 9.05. The summed E-state index contributed by atoms with van der Waals surface area (Å²) in [6.07, 6.45) is 0.890. The van der Waals surface area contributed by atoms with Crippen molar-refractivity contribution >= 4 is 17.4 Å². The lowest BCUT2D eigenvalue weighted by molar-refractivity contribution is 0.324. The van der Waals surface area contributed by atoms with Crippen LogP contribution in [0.3, 0.4) is 0 Å². The van der Waals surface area contributed by atoms with Crippen molar-refractivity contribution in [2.24, 2.45) is 0 Å². The van der Waals surface area contributed by atoms with E-state index in [0.29, 0.717) is 22.3 Å². The molecule has 0 atom stereocenters. The fourth-order valence-electron chi connectivity index (χ4n) is 3.52. The van der Waals surface area contributed by atoms with Crippen LogP contribution in [-0.4, -0.2) is 37.7 Å². The Labute approximate surface area is 169 Å². The number of benzene rings is 2. The molecular weight excluding hydrogens is 378 g/mol. The van der Waals surface area contributed by atoms with Gasteiger partial charge in [-0.25, -0.2) is 4.68 Å². The van der Waals surface area contributed by atoms with Crippen molar-refractivity contribution in [2.75, 3.05) is 33.2 Å². The first kappa shape index (κ1) is 18.5. The van der Waals surface area contributed by atoms with Gasteiger partial charge in [0.05, 0.1) is 32.7 Å². The highest BCUT2D eigenvalue weighted by atomic mass is 35.5. The Morgan fingerprint density at radius 3 is 2.36 bits per heavy atom. The zero-order valence-corrected chi connectivity index (χ0v) is 17.1. The molecule has 1 aliphatic rings. The van der Waals surface area contributed by atoms with Gasteiger partial charge in [0, 0.05) is 22.7 Å². The van der Waals surface area contributed by atoms with E-state index in [-0.39, 0.29) is 0 Å². The Bertz CT molecular complexity index is 1020. The van der Waals surface area contributed by atoms with Gasteiger partial charge in [-0.05, 0) is 43.2 Å². The number of aromatic nitrogens is 2. The lowest BCUT2D eigenvalue weighted by atomic mass is 10.1. The molecule has 28 heavy (non-hydrogen) atoms. The number of anilines is 1. The van der Waals surface area contributed by atoms with E-state index >= 15 is 0 Å². The molecule has 1 aliphatic heterocycles. The summed E-state index contributed by atoms with van der Waals surface area (Å²) >= 11 is 6.34. The van der Waals surface area contributed by atoms with Gasteiger partial charge in [-0.2, -0.15) is 5.10 Å². The minimum Gasteiger partial charge on any atom is -0.493 e. The highest BCUT2D eigenvalue weighted by Crippen LogP contribution is 2.43. The molecular formula is C21H22ClN3O3. The Morgan fingerprint density at radius 1 is 1.04 bits per heavy atom. The van der Waals surface area contributed by atoms with Crippen LogP contribution < -0.4 is 19.5 Å². The number of nitrogens with one attached hydrogen (secondary N) is 1. The maximum atomic E-state index is 6.34. The summed E-state index contributed by atoms with van der Waals surface area (Å²) in [4.78, 5) is 0. The van der Waals surface area contributed by atoms with E-state index in [1.54, 1.807) is 21.3 Å². The second-order valence-corrected chi connectivity index (χ2v) is 7.02. The first-order chi connectivity index (χ1) is 13.6. The number of hydrogen-bond donors (Lipinski definition) is 1. The van der Waals surface area contributed by atoms with Crippen LogP contribution in [0.5, 0.6) is 17.2 Å². The number of methoxy groups -OCH3 is 3. The van der Waals surface area contributed by atoms with Crippen molar-refractivity contribution in [1.29, 1.82) is 0 Å². The number of rotatable bonds is 5. The quantitative estimate of drug-likeness (QED) is 0.684. The molecule has 0 bridgehead atoms. The van der Waals surface area contributed by atoms with Crippen LogP contribution in [0.25, 0.3) is 16.9 Å². The van der Waals surface area contributed by atoms with Gasteiger partial charge in [-0.1, -0.05) is 17.7 Å². The van der Waals surface area contributed by atoms with Crippen molar-refractivity contribution in [3.63, 3.8) is 0 Å². The van der Waals surface area contributed by atoms with E-state index in [4.69, 9.17) is 30.9 Å². The molecule has 0 spiro atoms. The molecule has 146 valence electrons. The van der Waals surface area contributed by atoms with Gasteiger partial charge in [0.25, 0.3) is 0 Å². The van der Waals surface area contributed by atoms with Crippen LogP contribution in [0, 0.1) is 6.92 Å². The van der Waals surface area contributed by atoms with Gasteiger partial charge >= 0.3 is 0 Å². The van der Waals surface area contributed by atoms with E-state index in [9.17, 15) is 0 Å². The summed E-state index contributed by atoms with van der Waals surface area (Å²) in [5.41, 5.74) is 4.90. The minimum absolute atomic E-state index is 0.563. The molecule has 7 heteroatoms. The summed E-state index contributed by atoms with van der Waals surface area (Å²) in [5.74, 6) is 2.76. The van der Waals surface area contributed by atoms with Crippen molar-refractivity contribution in [1.82, 2.24) is 9.78 Å². The number of halogens is 1. The smallest absolute Gasteiger partial charge is 0.203 e. The predicted octanol–water partition coefficient (Wildman–Crippen LogP) is 4.49. The van der Waals surface area contributed by atoms with Gasteiger partial charge in [0.1, 0.15) is 5.82 Å². The highest BCUT2D eigenvalue weighted by Gasteiger charge is 2.26. The third-order valence-corrected chi connectivity index (χ3v) is 5.40. The number of hydrogen-bond acceptors (Lipinski definition) is 5. The molecule has 0 fully saturated rings. The normalized spacial score (nSPS) is 12.5. The molecule has 0 aliphatic carbocycles. The number of nitrogens with zero attached hydrogens (tertiary/aromatic N) is 2. The van der Waals surface area contributed by atoms with Crippen LogP contribution in [0.4, 0.5) is 5.82 Å². The predicted molar refractivity (Wildman–Crippen MR) is 111 cm³/mol. The lowest BCUT2D eigenvalue weighted by Crippen LogP contribution is -2.04. The van der Waals surface area contributed by atoms with E-state index in [0.717, 1.165) is 46.9 Å². The topological polar surface area (TPSA) is 57.5 Å². The van der Waals surface area contributed by atoms with E-state index in [2.05, 4.69) is 5.32 Å². The molecule has 0 radical (unpaired) electrons. The first-order valence-corrected chi connectivity index (χ1v) is 9.37. The largest absolute Gasteiger partial charge is 0.493 e. The third kappa shape index (κ3) is 2.94. The average Bonchev–Trinajstić information content (AvgIpc) is 3.31. The number of aryl methyl sites for hydroxylation is 1. The fraction of sp³-hybridized carbons (Fsp3) is 0.286. The summed E-state index contributed by atoms with van der Waals surface area (Å²) in [7, 11) is 4.82. The standard InChI is InChI=1S/C21H22ClN3O3/c1-12-5-6-14(11-16(12)22)25-21-15(7-8-23-21)19(24-25)13-9-17(26-2)20(28-4)18(10-13)27-3/h5-6,9-11,23H,7-8H2,1-4H3. The third-order valence-electron chi connectivity index (χ3n) is 4.99. The fourth-order valence-corrected chi connectivity index (χ4v) is 3.70. The molecule has 4 rings (SSSR count). The molecule has 1 aromatic heterocycles. The van der Waals surface area contributed by atoms with Crippen molar-refractivity contribution in [3.05, 3.63) is 46.5 Å². The van der Waals surface area contributed by atoms with Crippen LogP contribution in [-0.2, 0) is 6.42 Å². The van der Waals surface area contributed by atoms with Crippen molar-refractivity contribution in [3.8, 4) is 34.2 Å². The monoisotopic (exact) mass is 399 g/mol. The second-order valence-electron chi connectivity index (χ2n) is 6.61. The summed E-state index contributed by atoms with van der Waals surface area (Å²) < 4.78 is 18.4. The van der Waals surface area contributed by atoms with E-state index < -0.39 is 0 Å². The maximum absolute atomic E-state index is 6.34. The van der Waals surface area contributed by atoms with E-state index in [1.165, 1.54) is 0 Å². The van der Waals surface area contributed by atoms with Crippen molar-refractivity contribution < 1.29 is 14.2 Å².